The maximum atomic E-state index is 12.0. The maximum Gasteiger partial charge on any atom is 0.262 e. The summed E-state index contributed by atoms with van der Waals surface area (Å²) in [5.74, 6) is -0.282. The van der Waals surface area contributed by atoms with E-state index in [9.17, 15) is 4.79 Å². The molecule has 2 aromatic rings. The van der Waals surface area contributed by atoms with Gasteiger partial charge in [-0.25, -0.2) is 4.98 Å². The quantitative estimate of drug-likeness (QED) is 0.912. The van der Waals surface area contributed by atoms with Gasteiger partial charge in [0.25, 0.3) is 5.91 Å². The van der Waals surface area contributed by atoms with Crippen molar-refractivity contribution in [3.63, 3.8) is 0 Å². The molecule has 0 unspecified atom stereocenters. The highest BCUT2D eigenvalue weighted by atomic mass is 35.5. The number of anilines is 1. The summed E-state index contributed by atoms with van der Waals surface area (Å²) in [7, 11) is 1.69. The molecule has 0 radical (unpaired) electrons. The molecule has 0 saturated heterocycles. The predicted molar refractivity (Wildman–Crippen MR) is 67.8 cm³/mol. The Kier molecular flexibility index (Phi) is 3.17. The Morgan fingerprint density at radius 1 is 1.53 bits per heavy atom. The lowest BCUT2D eigenvalue weighted by molar-refractivity contribution is 0.102. The Morgan fingerprint density at radius 3 is 2.71 bits per heavy atom. The van der Waals surface area contributed by atoms with Gasteiger partial charge in [0.05, 0.1) is 11.3 Å². The summed E-state index contributed by atoms with van der Waals surface area (Å²) < 4.78 is 1.47. The lowest BCUT2D eigenvalue weighted by Crippen LogP contribution is -2.12. The van der Waals surface area contributed by atoms with E-state index in [2.05, 4.69) is 15.4 Å². The van der Waals surface area contributed by atoms with Crippen molar-refractivity contribution in [3.8, 4) is 0 Å². The van der Waals surface area contributed by atoms with Gasteiger partial charge in [-0.15, -0.1) is 11.3 Å². The zero-order chi connectivity index (χ0) is 12.6. The van der Waals surface area contributed by atoms with Gasteiger partial charge >= 0.3 is 0 Å². The van der Waals surface area contributed by atoms with Crippen LogP contribution in [-0.2, 0) is 7.05 Å². The third kappa shape index (κ3) is 2.32. The molecule has 2 heterocycles. The van der Waals surface area contributed by atoms with Gasteiger partial charge in [0, 0.05) is 18.1 Å². The van der Waals surface area contributed by atoms with Crippen molar-refractivity contribution in [1.29, 1.82) is 0 Å². The van der Waals surface area contributed by atoms with Gasteiger partial charge in [-0.05, 0) is 13.8 Å². The minimum atomic E-state index is -0.282. The van der Waals surface area contributed by atoms with Crippen molar-refractivity contribution in [2.75, 3.05) is 5.32 Å². The molecule has 5 nitrogen and oxygen atoms in total. The van der Waals surface area contributed by atoms with Gasteiger partial charge in [0.2, 0.25) is 0 Å². The number of amides is 1. The normalized spacial score (nSPS) is 10.6. The van der Waals surface area contributed by atoms with Gasteiger partial charge in [-0.1, -0.05) is 11.6 Å². The Labute approximate surface area is 107 Å². The topological polar surface area (TPSA) is 59.8 Å². The number of hydrogen-bond donors (Lipinski definition) is 1. The fourth-order valence-corrected chi connectivity index (χ4v) is 2.38. The number of halogens is 1. The number of carbonyl (C=O) groups excluding carboxylic acids is 1. The maximum absolute atomic E-state index is 12.0. The summed E-state index contributed by atoms with van der Waals surface area (Å²) in [6, 6.07) is 0. The van der Waals surface area contributed by atoms with Crippen molar-refractivity contribution in [2.24, 2.45) is 7.05 Å². The lowest BCUT2D eigenvalue weighted by atomic mass is 10.2. The molecule has 2 aromatic heterocycles. The van der Waals surface area contributed by atoms with Crippen molar-refractivity contribution in [2.45, 2.75) is 13.8 Å². The first-order valence-corrected chi connectivity index (χ1v) is 6.11. The number of aryl methyl sites for hydroxylation is 3. The molecule has 1 amide bonds. The van der Waals surface area contributed by atoms with E-state index in [4.69, 9.17) is 11.6 Å². The summed E-state index contributed by atoms with van der Waals surface area (Å²) >= 11 is 7.42. The first-order chi connectivity index (χ1) is 7.99. The summed E-state index contributed by atoms with van der Waals surface area (Å²) in [4.78, 5) is 17.1. The van der Waals surface area contributed by atoms with Crippen molar-refractivity contribution in [3.05, 3.63) is 27.5 Å². The molecule has 0 bridgehead atoms. The number of aromatic nitrogens is 3. The van der Waals surface area contributed by atoms with Crippen LogP contribution in [0.1, 0.15) is 20.9 Å². The number of nitrogens with one attached hydrogen (secondary N) is 1. The second kappa shape index (κ2) is 4.46. The van der Waals surface area contributed by atoms with E-state index in [1.807, 2.05) is 6.92 Å². The number of carbonyl (C=O) groups is 1. The molecule has 0 aliphatic heterocycles. The molecule has 0 atom stereocenters. The minimum Gasteiger partial charge on any atom is -0.298 e. The van der Waals surface area contributed by atoms with Gasteiger partial charge < -0.3 is 0 Å². The van der Waals surface area contributed by atoms with Crippen molar-refractivity contribution < 1.29 is 4.79 Å². The van der Waals surface area contributed by atoms with E-state index >= 15 is 0 Å². The summed E-state index contributed by atoms with van der Waals surface area (Å²) in [6.07, 6.45) is 1.71. The van der Waals surface area contributed by atoms with E-state index in [0.717, 1.165) is 4.88 Å². The highest BCUT2D eigenvalue weighted by Crippen LogP contribution is 2.22. The molecule has 17 heavy (non-hydrogen) atoms. The smallest absolute Gasteiger partial charge is 0.262 e. The Hall–Kier alpha value is -1.40. The molecule has 90 valence electrons. The monoisotopic (exact) mass is 270 g/mol. The van der Waals surface area contributed by atoms with Crippen LogP contribution in [-0.4, -0.2) is 20.7 Å². The molecule has 0 saturated carbocycles. The first kappa shape index (κ1) is 12.1. The van der Waals surface area contributed by atoms with Crippen LogP contribution >= 0.6 is 22.9 Å². The average Bonchev–Trinajstić information content (AvgIpc) is 2.73. The highest BCUT2D eigenvalue weighted by Gasteiger charge is 2.19. The van der Waals surface area contributed by atoms with Crippen LogP contribution in [0.15, 0.2) is 6.20 Å². The number of nitrogens with zero attached hydrogens (tertiary/aromatic N) is 3. The van der Waals surface area contributed by atoms with Gasteiger partial charge in [-0.3, -0.25) is 14.8 Å². The highest BCUT2D eigenvalue weighted by molar-refractivity contribution is 7.15. The Morgan fingerprint density at radius 2 is 2.24 bits per heavy atom. The molecule has 7 heteroatoms. The van der Waals surface area contributed by atoms with Crippen LogP contribution in [0.3, 0.4) is 0 Å². The number of hydrogen-bond acceptors (Lipinski definition) is 4. The molecule has 0 aliphatic carbocycles. The minimum absolute atomic E-state index is 0.282. The Balaban J connectivity index is 2.26. The van der Waals surface area contributed by atoms with Crippen LogP contribution in [0.4, 0.5) is 5.13 Å². The summed E-state index contributed by atoms with van der Waals surface area (Å²) in [5.41, 5.74) is 0.991. The van der Waals surface area contributed by atoms with E-state index in [0.29, 0.717) is 21.5 Å². The van der Waals surface area contributed by atoms with E-state index < -0.39 is 0 Å². The van der Waals surface area contributed by atoms with Crippen molar-refractivity contribution in [1.82, 2.24) is 14.8 Å². The van der Waals surface area contributed by atoms with Crippen LogP contribution in [0.5, 0.6) is 0 Å². The number of thiazole rings is 1. The van der Waals surface area contributed by atoms with Crippen LogP contribution in [0.25, 0.3) is 0 Å². The fourth-order valence-electron chi connectivity index (χ4n) is 1.46. The SMILES string of the molecule is Cc1cnc(NC(=O)c2c(C)nn(C)c2Cl)s1. The third-order valence-corrected chi connectivity index (χ3v) is 3.48. The van der Waals surface area contributed by atoms with E-state index in [1.165, 1.54) is 16.0 Å². The second-order valence-electron chi connectivity index (χ2n) is 3.61. The molecular weight excluding hydrogens is 260 g/mol. The molecular formula is C10H11ClN4OS. The number of rotatable bonds is 2. The van der Waals surface area contributed by atoms with E-state index in [1.54, 1.807) is 20.2 Å². The predicted octanol–water partition coefficient (Wildman–Crippen LogP) is 2.40. The molecule has 0 spiro atoms. The first-order valence-electron chi connectivity index (χ1n) is 4.92. The molecule has 2 rings (SSSR count). The average molecular weight is 271 g/mol. The zero-order valence-electron chi connectivity index (χ0n) is 9.61. The lowest BCUT2D eigenvalue weighted by Gasteiger charge is -2.00. The second-order valence-corrected chi connectivity index (χ2v) is 5.20. The zero-order valence-corrected chi connectivity index (χ0v) is 11.2. The Bertz CT molecular complexity index is 575. The standard InChI is InChI=1S/C10H11ClN4OS/c1-5-4-12-10(17-5)13-9(16)7-6(2)14-15(3)8(7)11/h4H,1-3H3,(H,12,13,16). The largest absolute Gasteiger partial charge is 0.298 e. The van der Waals surface area contributed by atoms with Crippen LogP contribution in [0, 0.1) is 13.8 Å². The fraction of sp³-hybridized carbons (Fsp3) is 0.300. The van der Waals surface area contributed by atoms with Crippen LogP contribution < -0.4 is 5.32 Å². The molecule has 0 aromatic carbocycles. The molecule has 0 fully saturated rings. The summed E-state index contributed by atoms with van der Waals surface area (Å²) in [6.45, 7) is 3.67. The van der Waals surface area contributed by atoms with Gasteiger partial charge in [0.1, 0.15) is 5.15 Å². The molecule has 0 aliphatic rings. The van der Waals surface area contributed by atoms with E-state index in [-0.39, 0.29) is 5.91 Å². The van der Waals surface area contributed by atoms with Gasteiger partial charge in [-0.2, -0.15) is 5.10 Å². The third-order valence-electron chi connectivity index (χ3n) is 2.22. The summed E-state index contributed by atoms with van der Waals surface area (Å²) in [5, 5.41) is 7.68. The van der Waals surface area contributed by atoms with Crippen LogP contribution in [0.2, 0.25) is 5.15 Å². The van der Waals surface area contributed by atoms with Crippen molar-refractivity contribution >= 4 is 34.0 Å². The van der Waals surface area contributed by atoms with Gasteiger partial charge in [0.15, 0.2) is 5.13 Å². The molecule has 1 N–H and O–H groups in total.